The van der Waals surface area contributed by atoms with Crippen LogP contribution in [0.15, 0.2) is 24.3 Å². The van der Waals surface area contributed by atoms with Gasteiger partial charge in [-0.15, -0.1) is 0 Å². The van der Waals surface area contributed by atoms with Gasteiger partial charge in [-0.05, 0) is 29.9 Å². The molecule has 0 aromatic heterocycles. The van der Waals surface area contributed by atoms with Crippen LogP contribution in [0.25, 0.3) is 0 Å². The van der Waals surface area contributed by atoms with Gasteiger partial charge in [0.1, 0.15) is 5.75 Å². The van der Waals surface area contributed by atoms with Gasteiger partial charge in [-0.2, -0.15) is 0 Å². The topological polar surface area (TPSA) is 29.5 Å². The van der Waals surface area contributed by atoms with Crippen LogP contribution >= 0.6 is 12.2 Å². The molecule has 1 aromatic rings. The van der Waals surface area contributed by atoms with Gasteiger partial charge >= 0.3 is 0 Å². The molecule has 0 radical (unpaired) electrons. The van der Waals surface area contributed by atoms with Gasteiger partial charge in [0.25, 0.3) is 0 Å². The molecule has 0 saturated carbocycles. The van der Waals surface area contributed by atoms with Gasteiger partial charge in [-0.1, -0.05) is 12.1 Å². The average Bonchev–Trinajstić information content (AvgIpc) is 2.05. The van der Waals surface area contributed by atoms with Crippen LogP contribution in [-0.4, -0.2) is 10.2 Å². The Kier molecular flexibility index (Phi) is 3.19. The maximum atomic E-state index is 8.74. The lowest BCUT2D eigenvalue weighted by molar-refractivity contribution is 0.282. The number of hydrogen-bond donors (Lipinski definition) is 1. The highest BCUT2D eigenvalue weighted by molar-refractivity contribution is 7.80. The summed E-state index contributed by atoms with van der Waals surface area (Å²) in [5.74, 6) is 0.708. The Labute approximate surface area is 76.8 Å². The van der Waals surface area contributed by atoms with Crippen molar-refractivity contribution in [1.29, 1.82) is 0 Å². The number of hydrogen-bond acceptors (Lipinski definition) is 3. The molecule has 0 spiro atoms. The molecule has 1 aromatic carbocycles. The van der Waals surface area contributed by atoms with E-state index >= 15 is 0 Å². The third kappa shape index (κ3) is 2.60. The van der Waals surface area contributed by atoms with Crippen LogP contribution in [0.1, 0.15) is 12.5 Å². The number of aliphatic hydroxyl groups is 1. The van der Waals surface area contributed by atoms with Gasteiger partial charge < -0.3 is 9.84 Å². The van der Waals surface area contributed by atoms with E-state index in [0.717, 1.165) is 5.56 Å². The van der Waals surface area contributed by atoms with Crippen molar-refractivity contribution in [3.63, 3.8) is 0 Å². The Balaban J connectivity index is 2.71. The maximum absolute atomic E-state index is 8.74. The lowest BCUT2D eigenvalue weighted by Crippen LogP contribution is -1.98. The second-order valence-corrected chi connectivity index (χ2v) is 2.97. The standard InChI is InChI=1S/C9H10O2S/c1-7(12)11-9-4-2-8(6-10)3-5-9/h2-5,10H,6H2,1H3. The van der Waals surface area contributed by atoms with Crippen molar-refractivity contribution < 1.29 is 9.84 Å². The third-order valence-corrected chi connectivity index (χ3v) is 1.45. The van der Waals surface area contributed by atoms with E-state index in [9.17, 15) is 0 Å². The maximum Gasteiger partial charge on any atom is 0.164 e. The van der Waals surface area contributed by atoms with Crippen LogP contribution in [0.5, 0.6) is 5.75 Å². The summed E-state index contributed by atoms with van der Waals surface area (Å²) in [6, 6.07) is 7.16. The van der Waals surface area contributed by atoms with Crippen LogP contribution in [0.4, 0.5) is 0 Å². The first-order chi connectivity index (χ1) is 5.72. The van der Waals surface area contributed by atoms with E-state index in [2.05, 4.69) is 0 Å². The highest BCUT2D eigenvalue weighted by atomic mass is 32.1. The van der Waals surface area contributed by atoms with Crippen molar-refractivity contribution in [3.05, 3.63) is 29.8 Å². The second kappa shape index (κ2) is 4.18. The van der Waals surface area contributed by atoms with Gasteiger partial charge in [-0.3, -0.25) is 0 Å². The first kappa shape index (κ1) is 9.16. The third-order valence-electron chi connectivity index (χ3n) is 1.37. The minimum Gasteiger partial charge on any atom is -0.451 e. The normalized spacial score (nSPS) is 9.50. The van der Waals surface area contributed by atoms with Crippen LogP contribution in [0, 0.1) is 0 Å². The van der Waals surface area contributed by atoms with Crippen LogP contribution < -0.4 is 4.74 Å². The predicted molar refractivity (Wildman–Crippen MR) is 51.3 cm³/mol. The van der Waals surface area contributed by atoms with Gasteiger partial charge in [0.05, 0.1) is 6.61 Å². The lowest BCUT2D eigenvalue weighted by atomic mass is 10.2. The summed E-state index contributed by atoms with van der Waals surface area (Å²) in [7, 11) is 0. The Morgan fingerprint density at radius 3 is 2.42 bits per heavy atom. The number of ether oxygens (including phenoxy) is 1. The van der Waals surface area contributed by atoms with Crippen LogP contribution in [-0.2, 0) is 6.61 Å². The molecule has 2 nitrogen and oxygen atoms in total. The molecular weight excluding hydrogens is 172 g/mol. The fourth-order valence-electron chi connectivity index (χ4n) is 0.829. The van der Waals surface area contributed by atoms with Crippen molar-refractivity contribution in [1.82, 2.24) is 0 Å². The minimum atomic E-state index is 0.0524. The summed E-state index contributed by atoms with van der Waals surface area (Å²) in [5, 5.41) is 9.24. The van der Waals surface area contributed by atoms with Crippen LogP contribution in [0.2, 0.25) is 0 Å². The van der Waals surface area contributed by atoms with Gasteiger partial charge in [0.15, 0.2) is 5.05 Å². The molecule has 12 heavy (non-hydrogen) atoms. The molecule has 0 aliphatic heterocycles. The number of rotatable bonds is 2. The number of benzene rings is 1. The fraction of sp³-hybridized carbons (Fsp3) is 0.222. The fourth-order valence-corrected chi connectivity index (χ4v) is 0.925. The molecule has 0 saturated heterocycles. The summed E-state index contributed by atoms with van der Waals surface area (Å²) < 4.78 is 5.16. The van der Waals surface area contributed by atoms with E-state index in [1.165, 1.54) is 0 Å². The lowest BCUT2D eigenvalue weighted by Gasteiger charge is -2.02. The Morgan fingerprint density at radius 2 is 2.00 bits per heavy atom. The second-order valence-electron chi connectivity index (χ2n) is 2.40. The molecule has 0 fully saturated rings. The van der Waals surface area contributed by atoms with E-state index in [-0.39, 0.29) is 6.61 Å². The van der Waals surface area contributed by atoms with Crippen molar-refractivity contribution >= 4 is 17.3 Å². The molecule has 0 atom stereocenters. The molecule has 0 bridgehead atoms. The van der Waals surface area contributed by atoms with Crippen molar-refractivity contribution in [2.45, 2.75) is 13.5 Å². The quantitative estimate of drug-likeness (QED) is 0.708. The Bertz CT molecular complexity index is 266. The largest absolute Gasteiger partial charge is 0.451 e. The smallest absolute Gasteiger partial charge is 0.164 e. The Hall–Kier alpha value is -0.930. The zero-order chi connectivity index (χ0) is 8.97. The average molecular weight is 182 g/mol. The molecule has 0 unspecified atom stereocenters. The summed E-state index contributed by atoms with van der Waals surface area (Å²) in [4.78, 5) is 0. The predicted octanol–water partition coefficient (Wildman–Crippen LogP) is 1.90. The molecule has 0 aliphatic carbocycles. The molecule has 3 heteroatoms. The number of thiocarbonyl (C=S) groups is 1. The molecule has 1 N–H and O–H groups in total. The summed E-state index contributed by atoms with van der Waals surface area (Å²) in [6.45, 7) is 1.77. The zero-order valence-corrected chi connectivity index (χ0v) is 7.60. The van der Waals surface area contributed by atoms with E-state index in [1.807, 2.05) is 0 Å². The summed E-state index contributed by atoms with van der Waals surface area (Å²) in [6.07, 6.45) is 0. The summed E-state index contributed by atoms with van der Waals surface area (Å²) in [5.41, 5.74) is 0.865. The first-order valence-electron chi connectivity index (χ1n) is 3.60. The molecule has 0 aliphatic rings. The molecule has 0 heterocycles. The van der Waals surface area contributed by atoms with E-state index < -0.39 is 0 Å². The Morgan fingerprint density at radius 1 is 1.42 bits per heavy atom. The van der Waals surface area contributed by atoms with Crippen molar-refractivity contribution in [2.24, 2.45) is 0 Å². The summed E-state index contributed by atoms with van der Waals surface area (Å²) >= 11 is 4.77. The van der Waals surface area contributed by atoms with E-state index in [0.29, 0.717) is 10.8 Å². The first-order valence-corrected chi connectivity index (χ1v) is 4.01. The molecule has 64 valence electrons. The van der Waals surface area contributed by atoms with Crippen LogP contribution in [0.3, 0.4) is 0 Å². The van der Waals surface area contributed by atoms with Crippen molar-refractivity contribution in [2.75, 3.05) is 0 Å². The van der Waals surface area contributed by atoms with E-state index in [4.69, 9.17) is 22.1 Å². The monoisotopic (exact) mass is 182 g/mol. The number of aliphatic hydroxyl groups excluding tert-OH is 1. The highest BCUT2D eigenvalue weighted by Crippen LogP contribution is 2.12. The zero-order valence-electron chi connectivity index (χ0n) is 6.78. The highest BCUT2D eigenvalue weighted by Gasteiger charge is 1.94. The van der Waals surface area contributed by atoms with Gasteiger partial charge in [-0.25, -0.2) is 0 Å². The van der Waals surface area contributed by atoms with Gasteiger partial charge in [0.2, 0.25) is 0 Å². The molecular formula is C9H10O2S. The van der Waals surface area contributed by atoms with Crippen molar-refractivity contribution in [3.8, 4) is 5.75 Å². The SMILES string of the molecule is CC(=S)Oc1ccc(CO)cc1. The molecule has 0 amide bonds. The van der Waals surface area contributed by atoms with E-state index in [1.54, 1.807) is 31.2 Å². The minimum absolute atomic E-state index is 0.0524. The molecule has 1 rings (SSSR count). The van der Waals surface area contributed by atoms with Gasteiger partial charge in [0, 0.05) is 6.92 Å².